The maximum absolute atomic E-state index is 14.3. The van der Waals surface area contributed by atoms with Gasteiger partial charge in [-0.15, -0.1) is 11.8 Å². The van der Waals surface area contributed by atoms with E-state index >= 15 is 0 Å². The van der Waals surface area contributed by atoms with E-state index in [2.05, 4.69) is 5.10 Å². The number of fused-ring (bicyclic) bond motifs is 8. The van der Waals surface area contributed by atoms with E-state index in [0.717, 1.165) is 54.8 Å². The zero-order valence-electron chi connectivity index (χ0n) is 26.4. The van der Waals surface area contributed by atoms with Crippen LogP contribution in [0.4, 0.5) is 4.39 Å². The first-order valence-corrected chi connectivity index (χ1v) is 16.6. The lowest BCUT2D eigenvalue weighted by Gasteiger charge is -2.13. The summed E-state index contributed by atoms with van der Waals surface area (Å²) in [6, 6.07) is 14.4. The Morgan fingerprint density at radius 3 is 2.62 bits per heavy atom. The Balaban J connectivity index is 1.36. The molecule has 1 aliphatic rings. The van der Waals surface area contributed by atoms with Gasteiger partial charge in [-0.25, -0.2) is 9.18 Å². The summed E-state index contributed by atoms with van der Waals surface area (Å²) in [5.74, 6) is -0.0391. The monoisotopic (exact) mass is 673 g/mol. The molecule has 6 aromatic rings. The lowest BCUT2D eigenvalue weighted by atomic mass is 9.98. The molecular weight excluding hydrogens is 641 g/mol. The number of benzene rings is 3. The Morgan fingerprint density at radius 2 is 1.81 bits per heavy atom. The molecule has 7 rings (SSSR count). The van der Waals surface area contributed by atoms with Crippen LogP contribution in [0.15, 0.2) is 53.4 Å². The van der Waals surface area contributed by atoms with Crippen LogP contribution in [0.5, 0.6) is 5.75 Å². The fourth-order valence-corrected chi connectivity index (χ4v) is 7.80. The van der Waals surface area contributed by atoms with Crippen LogP contribution in [0.3, 0.4) is 0 Å². The van der Waals surface area contributed by atoms with Crippen molar-refractivity contribution >= 4 is 51.0 Å². The zero-order chi connectivity index (χ0) is 33.0. The van der Waals surface area contributed by atoms with Crippen LogP contribution < -0.4 is 4.74 Å². The van der Waals surface area contributed by atoms with Gasteiger partial charge in [0.1, 0.15) is 17.3 Å². The van der Waals surface area contributed by atoms with Gasteiger partial charge in [-0.05, 0) is 73.2 Å². The maximum atomic E-state index is 14.3. The molecule has 0 atom stereocenters. The molecule has 0 spiro atoms. The van der Waals surface area contributed by atoms with Crippen molar-refractivity contribution in [2.24, 2.45) is 21.1 Å². The molecule has 8 bridgehead atoms. The Hall–Kier alpha value is -4.32. The summed E-state index contributed by atoms with van der Waals surface area (Å²) in [6.07, 6.45) is 1.02. The average molecular weight is 674 g/mol. The summed E-state index contributed by atoms with van der Waals surface area (Å²) in [4.78, 5) is 13.6. The normalized spacial score (nSPS) is 14.3. The first-order valence-electron chi connectivity index (χ1n) is 15.2. The van der Waals surface area contributed by atoms with Gasteiger partial charge in [-0.2, -0.15) is 10.2 Å². The molecule has 1 N–H and O–H groups in total. The van der Waals surface area contributed by atoms with E-state index in [0.29, 0.717) is 47.2 Å². The number of hydrogen-bond acceptors (Lipinski definition) is 6. The van der Waals surface area contributed by atoms with Crippen LogP contribution in [0, 0.1) is 12.7 Å². The van der Waals surface area contributed by atoms with Gasteiger partial charge in [-0.1, -0.05) is 17.7 Å². The molecule has 0 saturated carbocycles. The summed E-state index contributed by atoms with van der Waals surface area (Å²) in [5, 5.41) is 22.7. The first kappa shape index (κ1) is 31.3. The molecule has 3 aromatic heterocycles. The van der Waals surface area contributed by atoms with E-state index in [-0.39, 0.29) is 24.7 Å². The average Bonchev–Trinajstić information content (AvgIpc) is 3.63. The number of thioether (sulfide) groups is 1. The third kappa shape index (κ3) is 5.66. The van der Waals surface area contributed by atoms with Gasteiger partial charge in [0.25, 0.3) is 0 Å². The number of aromatic carboxylic acids is 1. The molecule has 9 nitrogen and oxygen atoms in total. The molecule has 0 fully saturated rings. The standard InChI is InChI=1S/C35H33ClFN5O4S/c1-19-31-29(39-41(19)3)17-45-16-22-14-23(42(4)38-22)18-47-24-13-20-12-21(37)7-8-25(20)30(15-24)46-11-5-6-26-27-9-10-28(36)32(31)33(27)40(2)34(26)35(43)44/h7-10,12-15H,5-6,11,16-18H2,1-4H3,(H,43,44). The SMILES string of the molecule is Cc1c2c(nn1C)COCc1cc(n(C)n1)CSc1cc(c3ccc(F)cc3c1)OCCCc1c(C(=O)O)n(C)c3c-2c(Cl)ccc13. The molecular formula is C35H33ClFN5O4S. The van der Waals surface area contributed by atoms with E-state index in [1.807, 2.05) is 56.0 Å². The second-order valence-corrected chi connectivity index (χ2v) is 13.3. The Labute approximate surface area is 279 Å². The van der Waals surface area contributed by atoms with Crippen LogP contribution in [-0.2, 0) is 51.3 Å². The van der Waals surface area contributed by atoms with Crippen molar-refractivity contribution in [2.45, 2.75) is 43.6 Å². The van der Waals surface area contributed by atoms with Crippen LogP contribution in [-0.4, -0.2) is 41.8 Å². The fraction of sp³-hybridized carbons (Fsp3) is 0.286. The van der Waals surface area contributed by atoms with Gasteiger partial charge >= 0.3 is 5.97 Å². The number of rotatable bonds is 1. The molecule has 3 aromatic carbocycles. The fourth-order valence-electron chi connectivity index (χ4n) is 6.57. The Bertz CT molecular complexity index is 2200. The number of hydrogen-bond donors (Lipinski definition) is 1. The van der Waals surface area contributed by atoms with Crippen molar-refractivity contribution in [1.29, 1.82) is 0 Å². The molecule has 0 aliphatic carbocycles. The summed E-state index contributed by atoms with van der Waals surface area (Å²) in [7, 11) is 5.54. The molecule has 4 heterocycles. The minimum atomic E-state index is -1.02. The highest BCUT2D eigenvalue weighted by Gasteiger charge is 2.27. The molecule has 0 radical (unpaired) electrons. The van der Waals surface area contributed by atoms with Crippen molar-refractivity contribution in [2.75, 3.05) is 6.61 Å². The van der Waals surface area contributed by atoms with Gasteiger partial charge in [0, 0.05) is 65.1 Å². The van der Waals surface area contributed by atoms with Crippen molar-refractivity contribution in [3.05, 3.63) is 93.4 Å². The van der Waals surface area contributed by atoms with Gasteiger partial charge in [0.05, 0.1) is 41.7 Å². The van der Waals surface area contributed by atoms with Crippen LogP contribution in [0.25, 0.3) is 32.8 Å². The minimum Gasteiger partial charge on any atom is -0.493 e. The second kappa shape index (κ2) is 12.4. The minimum absolute atomic E-state index is 0.204. The number of carbonyl (C=O) groups is 1. The second-order valence-electron chi connectivity index (χ2n) is 11.8. The molecule has 242 valence electrons. The Morgan fingerprint density at radius 1 is 1.00 bits per heavy atom. The predicted octanol–water partition coefficient (Wildman–Crippen LogP) is 7.60. The highest BCUT2D eigenvalue weighted by Crippen LogP contribution is 2.42. The van der Waals surface area contributed by atoms with Gasteiger partial charge in [0.15, 0.2) is 0 Å². The number of carboxylic acids is 1. The number of nitrogens with zero attached hydrogens (tertiary/aromatic N) is 5. The van der Waals surface area contributed by atoms with Crippen molar-refractivity contribution in [3.8, 4) is 16.9 Å². The predicted molar refractivity (Wildman–Crippen MR) is 181 cm³/mol. The van der Waals surface area contributed by atoms with Gasteiger partial charge in [0.2, 0.25) is 0 Å². The summed E-state index contributed by atoms with van der Waals surface area (Å²) >= 11 is 8.55. The van der Waals surface area contributed by atoms with E-state index < -0.39 is 5.97 Å². The van der Waals surface area contributed by atoms with Crippen molar-refractivity contribution in [3.63, 3.8) is 0 Å². The van der Waals surface area contributed by atoms with Crippen LogP contribution >= 0.6 is 23.4 Å². The number of carboxylic acid groups (broad SMARTS) is 1. The summed E-state index contributed by atoms with van der Waals surface area (Å²) < 4.78 is 32.1. The molecule has 47 heavy (non-hydrogen) atoms. The summed E-state index contributed by atoms with van der Waals surface area (Å²) in [5.41, 5.74) is 6.57. The third-order valence-corrected chi connectivity index (χ3v) is 10.2. The highest BCUT2D eigenvalue weighted by atomic mass is 35.5. The molecule has 0 unspecified atom stereocenters. The largest absolute Gasteiger partial charge is 0.493 e. The van der Waals surface area contributed by atoms with Crippen molar-refractivity contribution < 1.29 is 23.8 Å². The van der Waals surface area contributed by atoms with E-state index in [9.17, 15) is 14.3 Å². The number of halogens is 2. The quantitative estimate of drug-likeness (QED) is 0.192. The lowest BCUT2D eigenvalue weighted by Crippen LogP contribution is -2.09. The molecule has 1 aliphatic heterocycles. The van der Waals surface area contributed by atoms with Crippen LogP contribution in [0.1, 0.15) is 45.2 Å². The van der Waals surface area contributed by atoms with Gasteiger partial charge in [-0.3, -0.25) is 9.36 Å². The molecule has 0 saturated heterocycles. The smallest absolute Gasteiger partial charge is 0.352 e. The number of aryl methyl sites for hydroxylation is 4. The van der Waals surface area contributed by atoms with Crippen LogP contribution in [0.2, 0.25) is 5.02 Å². The van der Waals surface area contributed by atoms with Gasteiger partial charge < -0.3 is 19.1 Å². The topological polar surface area (TPSA) is 96.3 Å². The maximum Gasteiger partial charge on any atom is 0.352 e. The lowest BCUT2D eigenvalue weighted by molar-refractivity contribution is 0.0685. The molecule has 0 amide bonds. The zero-order valence-corrected chi connectivity index (χ0v) is 28.0. The molecule has 12 heteroatoms. The van der Waals surface area contributed by atoms with E-state index in [1.165, 1.54) is 12.1 Å². The highest BCUT2D eigenvalue weighted by molar-refractivity contribution is 7.98. The number of aromatic nitrogens is 5. The number of ether oxygens (including phenoxy) is 2. The van der Waals surface area contributed by atoms with E-state index in [1.54, 1.807) is 34.1 Å². The van der Waals surface area contributed by atoms with Crippen molar-refractivity contribution in [1.82, 2.24) is 24.1 Å². The Kier molecular flexibility index (Phi) is 8.23. The first-order chi connectivity index (χ1) is 22.6. The third-order valence-electron chi connectivity index (χ3n) is 8.85. The van der Waals surface area contributed by atoms with E-state index in [4.69, 9.17) is 26.2 Å². The summed E-state index contributed by atoms with van der Waals surface area (Å²) in [6.45, 7) is 2.79.